The van der Waals surface area contributed by atoms with Gasteiger partial charge < -0.3 is 14.7 Å². The van der Waals surface area contributed by atoms with E-state index in [4.69, 9.17) is 9.84 Å². The predicted molar refractivity (Wildman–Crippen MR) is 68.2 cm³/mol. The van der Waals surface area contributed by atoms with Crippen molar-refractivity contribution in [3.63, 3.8) is 0 Å². The van der Waals surface area contributed by atoms with Crippen LogP contribution in [0.3, 0.4) is 0 Å². The normalized spacial score (nSPS) is 27.4. The van der Waals surface area contributed by atoms with E-state index in [1.807, 2.05) is 11.8 Å². The molecule has 0 bridgehead atoms. The molecule has 0 spiro atoms. The number of nitrogens with zero attached hydrogens (tertiary/aromatic N) is 2. The molecule has 1 amide bonds. The van der Waals surface area contributed by atoms with Gasteiger partial charge in [0.1, 0.15) is 0 Å². The second-order valence-corrected chi connectivity index (χ2v) is 5.28. The average molecular weight is 256 g/mol. The van der Waals surface area contributed by atoms with Gasteiger partial charge in [0.15, 0.2) is 0 Å². The van der Waals surface area contributed by atoms with Gasteiger partial charge in [-0.1, -0.05) is 0 Å². The van der Waals surface area contributed by atoms with Gasteiger partial charge >= 0.3 is 0 Å². The summed E-state index contributed by atoms with van der Waals surface area (Å²) in [5, 5.41) is 8.96. The number of hydrogen-bond donors (Lipinski definition) is 1. The summed E-state index contributed by atoms with van der Waals surface area (Å²) in [4.78, 5) is 16.5. The van der Waals surface area contributed by atoms with Crippen LogP contribution in [0.5, 0.6) is 0 Å². The number of amides is 1. The minimum atomic E-state index is -0.0354. The van der Waals surface area contributed by atoms with Gasteiger partial charge in [0, 0.05) is 26.2 Å². The molecule has 2 heterocycles. The molecule has 104 valence electrons. The van der Waals surface area contributed by atoms with Crippen molar-refractivity contribution in [3.8, 4) is 0 Å². The van der Waals surface area contributed by atoms with Crippen LogP contribution in [0.1, 0.15) is 19.8 Å². The summed E-state index contributed by atoms with van der Waals surface area (Å²) < 4.78 is 5.27. The van der Waals surface area contributed by atoms with Crippen LogP contribution in [0.15, 0.2) is 0 Å². The number of likely N-dealkylation sites (tertiary alicyclic amines) is 1. The summed E-state index contributed by atoms with van der Waals surface area (Å²) in [7, 11) is 0. The number of morpholine rings is 1. The van der Waals surface area contributed by atoms with Crippen molar-refractivity contribution in [2.75, 3.05) is 46.0 Å². The van der Waals surface area contributed by atoms with Gasteiger partial charge in [-0.2, -0.15) is 0 Å². The Morgan fingerprint density at radius 3 is 2.78 bits per heavy atom. The topological polar surface area (TPSA) is 53.0 Å². The van der Waals surface area contributed by atoms with E-state index in [-0.39, 0.29) is 18.6 Å². The summed E-state index contributed by atoms with van der Waals surface area (Å²) >= 11 is 0. The molecule has 2 aliphatic heterocycles. The molecule has 5 nitrogen and oxygen atoms in total. The van der Waals surface area contributed by atoms with Gasteiger partial charge in [-0.05, 0) is 32.2 Å². The first-order chi connectivity index (χ1) is 8.72. The molecule has 5 heteroatoms. The third-order valence-corrected chi connectivity index (χ3v) is 4.08. The Bertz CT molecular complexity index is 279. The molecule has 2 saturated heterocycles. The number of rotatable bonds is 4. The third-order valence-electron chi connectivity index (χ3n) is 4.08. The van der Waals surface area contributed by atoms with Gasteiger partial charge in [0.05, 0.1) is 19.3 Å². The molecule has 2 aliphatic rings. The molecule has 0 radical (unpaired) electrons. The Balaban J connectivity index is 1.83. The highest BCUT2D eigenvalue weighted by molar-refractivity contribution is 5.81. The lowest BCUT2D eigenvalue weighted by molar-refractivity contribution is -0.140. The van der Waals surface area contributed by atoms with Crippen LogP contribution in [-0.4, -0.2) is 72.9 Å². The molecule has 1 N–H and O–H groups in total. The van der Waals surface area contributed by atoms with E-state index < -0.39 is 0 Å². The average Bonchev–Trinajstić information content (AvgIpc) is 2.87. The minimum absolute atomic E-state index is 0.0354. The fourth-order valence-electron chi connectivity index (χ4n) is 2.84. The van der Waals surface area contributed by atoms with E-state index in [0.29, 0.717) is 19.1 Å². The SMILES string of the molecule is CC(C(=O)N1CCOCC1)N1CCC(CCO)C1. The van der Waals surface area contributed by atoms with E-state index in [1.54, 1.807) is 0 Å². The number of hydrogen-bond acceptors (Lipinski definition) is 4. The van der Waals surface area contributed by atoms with Gasteiger partial charge in [-0.15, -0.1) is 0 Å². The number of aliphatic hydroxyl groups excluding tert-OH is 1. The molecule has 0 aromatic rings. The molecule has 2 fully saturated rings. The van der Waals surface area contributed by atoms with E-state index in [1.165, 1.54) is 0 Å². The monoisotopic (exact) mass is 256 g/mol. The smallest absolute Gasteiger partial charge is 0.239 e. The Morgan fingerprint density at radius 1 is 1.39 bits per heavy atom. The molecule has 18 heavy (non-hydrogen) atoms. The second kappa shape index (κ2) is 6.50. The fourth-order valence-corrected chi connectivity index (χ4v) is 2.84. The minimum Gasteiger partial charge on any atom is -0.396 e. The first-order valence-electron chi connectivity index (χ1n) is 6.94. The van der Waals surface area contributed by atoms with E-state index in [9.17, 15) is 4.79 Å². The highest BCUT2D eigenvalue weighted by Gasteiger charge is 2.31. The first-order valence-corrected chi connectivity index (χ1v) is 6.94. The lowest BCUT2D eigenvalue weighted by atomic mass is 10.1. The Morgan fingerprint density at radius 2 is 2.11 bits per heavy atom. The Labute approximate surface area is 109 Å². The molecule has 0 aliphatic carbocycles. The summed E-state index contributed by atoms with van der Waals surface area (Å²) in [6.45, 7) is 6.93. The van der Waals surface area contributed by atoms with Gasteiger partial charge in [0.25, 0.3) is 0 Å². The summed E-state index contributed by atoms with van der Waals surface area (Å²) in [6, 6.07) is -0.0354. The van der Waals surface area contributed by atoms with Crippen molar-refractivity contribution >= 4 is 5.91 Å². The first kappa shape index (κ1) is 13.8. The quantitative estimate of drug-likeness (QED) is 0.765. The van der Waals surface area contributed by atoms with E-state index in [0.717, 1.165) is 39.0 Å². The molecular formula is C13H24N2O3. The van der Waals surface area contributed by atoms with Crippen LogP contribution in [0.4, 0.5) is 0 Å². The van der Waals surface area contributed by atoms with Crippen LogP contribution < -0.4 is 0 Å². The number of carbonyl (C=O) groups excluding carboxylic acids is 1. The standard InChI is InChI=1S/C13H24N2O3/c1-11(13(17)14-5-8-18-9-6-14)15-4-2-12(10-15)3-7-16/h11-12,16H,2-10H2,1H3. The third kappa shape index (κ3) is 3.22. The van der Waals surface area contributed by atoms with Crippen molar-refractivity contribution in [1.29, 1.82) is 0 Å². The van der Waals surface area contributed by atoms with Crippen molar-refractivity contribution < 1.29 is 14.6 Å². The van der Waals surface area contributed by atoms with Gasteiger partial charge in [0.2, 0.25) is 5.91 Å². The Hall–Kier alpha value is -0.650. The highest BCUT2D eigenvalue weighted by Crippen LogP contribution is 2.22. The number of carbonyl (C=O) groups is 1. The maximum Gasteiger partial charge on any atom is 0.239 e. The van der Waals surface area contributed by atoms with Gasteiger partial charge in [-0.25, -0.2) is 0 Å². The van der Waals surface area contributed by atoms with Gasteiger partial charge in [-0.3, -0.25) is 9.69 Å². The van der Waals surface area contributed by atoms with Crippen LogP contribution in [0, 0.1) is 5.92 Å². The molecule has 2 atom stereocenters. The van der Waals surface area contributed by atoms with Crippen molar-refractivity contribution in [3.05, 3.63) is 0 Å². The second-order valence-electron chi connectivity index (χ2n) is 5.28. The zero-order chi connectivity index (χ0) is 13.0. The lowest BCUT2D eigenvalue weighted by Gasteiger charge is -2.32. The highest BCUT2D eigenvalue weighted by atomic mass is 16.5. The van der Waals surface area contributed by atoms with Crippen LogP contribution in [-0.2, 0) is 9.53 Å². The predicted octanol–water partition coefficient (Wildman–Crippen LogP) is -0.0620. The fraction of sp³-hybridized carbons (Fsp3) is 0.923. The van der Waals surface area contributed by atoms with Crippen molar-refractivity contribution in [2.24, 2.45) is 5.92 Å². The lowest BCUT2D eigenvalue weighted by Crippen LogP contribution is -2.50. The molecular weight excluding hydrogens is 232 g/mol. The van der Waals surface area contributed by atoms with Crippen LogP contribution >= 0.6 is 0 Å². The van der Waals surface area contributed by atoms with Crippen molar-refractivity contribution in [2.45, 2.75) is 25.8 Å². The van der Waals surface area contributed by atoms with Crippen molar-refractivity contribution in [1.82, 2.24) is 9.80 Å². The summed E-state index contributed by atoms with van der Waals surface area (Å²) in [5.74, 6) is 0.776. The summed E-state index contributed by atoms with van der Waals surface area (Å²) in [5.41, 5.74) is 0. The molecule has 2 rings (SSSR count). The molecule has 0 saturated carbocycles. The Kier molecular flexibility index (Phi) is 4.97. The number of aliphatic hydroxyl groups is 1. The summed E-state index contributed by atoms with van der Waals surface area (Å²) in [6.07, 6.45) is 1.95. The maximum absolute atomic E-state index is 12.3. The number of ether oxygens (including phenoxy) is 1. The van der Waals surface area contributed by atoms with E-state index in [2.05, 4.69) is 4.90 Å². The molecule has 2 unspecified atom stereocenters. The zero-order valence-electron chi connectivity index (χ0n) is 11.2. The van der Waals surface area contributed by atoms with Crippen LogP contribution in [0.25, 0.3) is 0 Å². The van der Waals surface area contributed by atoms with Crippen LogP contribution in [0.2, 0.25) is 0 Å². The largest absolute Gasteiger partial charge is 0.396 e. The van der Waals surface area contributed by atoms with E-state index >= 15 is 0 Å². The molecule has 0 aromatic heterocycles. The zero-order valence-corrected chi connectivity index (χ0v) is 11.2. The maximum atomic E-state index is 12.3. The molecule has 0 aromatic carbocycles.